The van der Waals surface area contributed by atoms with E-state index in [9.17, 15) is 13.2 Å². The summed E-state index contributed by atoms with van der Waals surface area (Å²) in [4.78, 5) is 12.0. The van der Waals surface area contributed by atoms with Gasteiger partial charge in [0, 0.05) is 11.1 Å². The fourth-order valence-electron chi connectivity index (χ4n) is 1.49. The third-order valence-corrected chi connectivity index (χ3v) is 2.87. The summed E-state index contributed by atoms with van der Waals surface area (Å²) in [5, 5.41) is 2.83. The highest BCUT2D eigenvalue weighted by Crippen LogP contribution is 2.18. The number of carbonyl (C=O) groups excluding carboxylic acids is 1. The van der Waals surface area contributed by atoms with Gasteiger partial charge in [-0.3, -0.25) is 9.52 Å². The topological polar surface area (TPSA) is 75.3 Å². The van der Waals surface area contributed by atoms with Gasteiger partial charge < -0.3 is 5.32 Å². The quantitative estimate of drug-likeness (QED) is 0.890. The molecular formula is C13H20N2O3S. The molecule has 1 aromatic carbocycles. The molecule has 0 bridgehead atoms. The van der Waals surface area contributed by atoms with E-state index >= 15 is 0 Å². The van der Waals surface area contributed by atoms with Crippen LogP contribution in [0.1, 0.15) is 36.7 Å². The number of benzene rings is 1. The standard InChI is InChI=1S/C13H20N2O3S/c1-9-6-7-10(12(16)14-13(2,3)4)8-11(9)15-19(5,17)18/h6-8,15H,1-5H3,(H,14,16). The second-order valence-corrected chi connectivity index (χ2v) is 7.36. The molecule has 106 valence electrons. The van der Waals surface area contributed by atoms with Crippen LogP contribution in [0.15, 0.2) is 18.2 Å². The van der Waals surface area contributed by atoms with Crippen molar-refractivity contribution < 1.29 is 13.2 Å². The fraction of sp³-hybridized carbons (Fsp3) is 0.462. The van der Waals surface area contributed by atoms with Crippen molar-refractivity contribution in [2.24, 2.45) is 0 Å². The minimum atomic E-state index is -3.36. The number of hydrogen-bond donors (Lipinski definition) is 2. The van der Waals surface area contributed by atoms with Crippen molar-refractivity contribution in [1.82, 2.24) is 5.32 Å². The van der Waals surface area contributed by atoms with E-state index in [0.29, 0.717) is 11.3 Å². The number of aryl methyl sites for hydroxylation is 1. The van der Waals surface area contributed by atoms with Gasteiger partial charge in [0.05, 0.1) is 11.9 Å². The van der Waals surface area contributed by atoms with E-state index in [1.807, 2.05) is 20.8 Å². The lowest BCUT2D eigenvalue weighted by Crippen LogP contribution is -2.40. The lowest BCUT2D eigenvalue weighted by molar-refractivity contribution is 0.0919. The zero-order chi connectivity index (χ0) is 14.8. The summed E-state index contributed by atoms with van der Waals surface area (Å²) in [5.74, 6) is -0.232. The Bertz CT molecular complexity index is 586. The van der Waals surface area contributed by atoms with Gasteiger partial charge in [-0.05, 0) is 45.4 Å². The molecule has 0 saturated carbocycles. The number of sulfonamides is 1. The molecule has 0 unspecified atom stereocenters. The molecule has 1 rings (SSSR count). The Balaban J connectivity index is 3.06. The Morgan fingerprint density at radius 2 is 1.79 bits per heavy atom. The molecule has 6 heteroatoms. The Morgan fingerprint density at radius 3 is 2.26 bits per heavy atom. The molecule has 1 amide bonds. The van der Waals surface area contributed by atoms with E-state index in [-0.39, 0.29) is 11.4 Å². The Kier molecular flexibility index (Phi) is 4.25. The first kappa shape index (κ1) is 15.5. The van der Waals surface area contributed by atoms with Gasteiger partial charge in [0.25, 0.3) is 5.91 Å². The van der Waals surface area contributed by atoms with Crippen molar-refractivity contribution in [3.05, 3.63) is 29.3 Å². The molecule has 0 saturated heterocycles. The van der Waals surface area contributed by atoms with E-state index < -0.39 is 10.0 Å². The SMILES string of the molecule is Cc1ccc(C(=O)NC(C)(C)C)cc1NS(C)(=O)=O. The summed E-state index contributed by atoms with van der Waals surface area (Å²) >= 11 is 0. The van der Waals surface area contributed by atoms with Crippen LogP contribution in [0.4, 0.5) is 5.69 Å². The van der Waals surface area contributed by atoms with E-state index in [4.69, 9.17) is 0 Å². The van der Waals surface area contributed by atoms with Gasteiger partial charge in [0.15, 0.2) is 0 Å². The molecule has 0 spiro atoms. The smallest absolute Gasteiger partial charge is 0.251 e. The number of anilines is 1. The minimum Gasteiger partial charge on any atom is -0.347 e. The predicted octanol–water partition coefficient (Wildman–Crippen LogP) is 1.89. The molecule has 2 N–H and O–H groups in total. The van der Waals surface area contributed by atoms with E-state index in [1.54, 1.807) is 19.1 Å². The van der Waals surface area contributed by atoms with Crippen molar-refractivity contribution in [2.45, 2.75) is 33.2 Å². The van der Waals surface area contributed by atoms with Crippen LogP contribution in [0.2, 0.25) is 0 Å². The summed E-state index contributed by atoms with van der Waals surface area (Å²) in [6, 6.07) is 4.92. The molecule has 0 fully saturated rings. The predicted molar refractivity (Wildman–Crippen MR) is 76.9 cm³/mol. The third-order valence-electron chi connectivity index (χ3n) is 2.28. The number of hydrogen-bond acceptors (Lipinski definition) is 3. The summed E-state index contributed by atoms with van der Waals surface area (Å²) in [6.07, 6.45) is 1.08. The largest absolute Gasteiger partial charge is 0.347 e. The third kappa shape index (κ3) is 5.30. The second-order valence-electron chi connectivity index (χ2n) is 5.61. The number of carbonyl (C=O) groups is 1. The van der Waals surface area contributed by atoms with Crippen molar-refractivity contribution in [3.8, 4) is 0 Å². The van der Waals surface area contributed by atoms with Crippen LogP contribution >= 0.6 is 0 Å². The molecule has 0 aliphatic carbocycles. The van der Waals surface area contributed by atoms with Gasteiger partial charge in [-0.1, -0.05) is 6.07 Å². The maximum atomic E-state index is 12.0. The number of rotatable bonds is 3. The highest BCUT2D eigenvalue weighted by Gasteiger charge is 2.16. The molecule has 0 radical (unpaired) electrons. The Hall–Kier alpha value is -1.56. The van der Waals surface area contributed by atoms with Crippen LogP contribution in [-0.2, 0) is 10.0 Å². The fourth-order valence-corrected chi connectivity index (χ4v) is 2.11. The van der Waals surface area contributed by atoms with Crippen molar-refractivity contribution >= 4 is 21.6 Å². The maximum Gasteiger partial charge on any atom is 0.251 e. The molecule has 0 aliphatic rings. The van der Waals surface area contributed by atoms with E-state index in [0.717, 1.165) is 11.8 Å². The average molecular weight is 284 g/mol. The van der Waals surface area contributed by atoms with Gasteiger partial charge in [0.1, 0.15) is 0 Å². The van der Waals surface area contributed by atoms with Gasteiger partial charge in [-0.15, -0.1) is 0 Å². The van der Waals surface area contributed by atoms with Gasteiger partial charge >= 0.3 is 0 Å². The van der Waals surface area contributed by atoms with Crippen LogP contribution in [0, 0.1) is 6.92 Å². The van der Waals surface area contributed by atoms with Gasteiger partial charge in [0.2, 0.25) is 10.0 Å². The zero-order valence-electron chi connectivity index (χ0n) is 11.9. The summed E-state index contributed by atoms with van der Waals surface area (Å²) < 4.78 is 24.9. The maximum absolute atomic E-state index is 12.0. The van der Waals surface area contributed by atoms with Crippen molar-refractivity contribution in [1.29, 1.82) is 0 Å². The van der Waals surface area contributed by atoms with Crippen LogP contribution in [-0.4, -0.2) is 26.1 Å². The molecule has 0 atom stereocenters. The summed E-state index contributed by atoms with van der Waals surface area (Å²) in [7, 11) is -3.36. The summed E-state index contributed by atoms with van der Waals surface area (Å²) in [6.45, 7) is 7.43. The molecule has 0 aromatic heterocycles. The normalized spacial score (nSPS) is 12.1. The zero-order valence-corrected chi connectivity index (χ0v) is 12.7. The van der Waals surface area contributed by atoms with Crippen molar-refractivity contribution in [2.75, 3.05) is 11.0 Å². The molecule has 19 heavy (non-hydrogen) atoms. The summed E-state index contributed by atoms with van der Waals surface area (Å²) in [5.41, 5.74) is 1.26. The first-order valence-corrected chi connectivity index (χ1v) is 7.78. The van der Waals surface area contributed by atoms with Crippen LogP contribution < -0.4 is 10.0 Å². The van der Waals surface area contributed by atoms with Crippen molar-refractivity contribution in [3.63, 3.8) is 0 Å². The monoisotopic (exact) mass is 284 g/mol. The second kappa shape index (κ2) is 5.21. The minimum absolute atomic E-state index is 0.232. The Labute approximate surface area is 114 Å². The van der Waals surface area contributed by atoms with E-state index in [1.165, 1.54) is 6.07 Å². The molecule has 0 heterocycles. The molecule has 5 nitrogen and oxygen atoms in total. The highest BCUT2D eigenvalue weighted by molar-refractivity contribution is 7.92. The first-order chi connectivity index (χ1) is 8.48. The van der Waals surface area contributed by atoms with Crippen LogP contribution in [0.25, 0.3) is 0 Å². The van der Waals surface area contributed by atoms with Gasteiger partial charge in [-0.25, -0.2) is 8.42 Å². The van der Waals surface area contributed by atoms with E-state index in [2.05, 4.69) is 10.0 Å². The van der Waals surface area contributed by atoms with Crippen LogP contribution in [0.5, 0.6) is 0 Å². The number of amides is 1. The molecule has 0 aliphatic heterocycles. The lowest BCUT2D eigenvalue weighted by Gasteiger charge is -2.21. The van der Waals surface area contributed by atoms with Crippen LogP contribution in [0.3, 0.4) is 0 Å². The number of nitrogens with one attached hydrogen (secondary N) is 2. The van der Waals surface area contributed by atoms with Gasteiger partial charge in [-0.2, -0.15) is 0 Å². The highest BCUT2D eigenvalue weighted by atomic mass is 32.2. The molecular weight excluding hydrogens is 264 g/mol. The molecule has 1 aromatic rings. The average Bonchev–Trinajstić information content (AvgIpc) is 2.16. The lowest BCUT2D eigenvalue weighted by atomic mass is 10.1. The Morgan fingerprint density at radius 1 is 1.21 bits per heavy atom. The first-order valence-electron chi connectivity index (χ1n) is 5.89.